The highest BCUT2D eigenvalue weighted by Gasteiger charge is 1.85. The van der Waals surface area contributed by atoms with Crippen molar-refractivity contribution in [2.45, 2.75) is 32.6 Å². The van der Waals surface area contributed by atoms with Crippen molar-refractivity contribution in [3.63, 3.8) is 0 Å². The summed E-state index contributed by atoms with van der Waals surface area (Å²) in [4.78, 5) is 0. The van der Waals surface area contributed by atoms with E-state index in [0.717, 1.165) is 19.5 Å². The molecule has 1 nitrogen and oxygen atoms in total. The molecule has 0 aromatic rings. The average Bonchev–Trinajstić information content (AvgIpc) is 1.97. The smallest absolute Gasteiger partial charge is 0.00860 e. The van der Waals surface area contributed by atoms with Gasteiger partial charge in [0.2, 0.25) is 0 Å². The van der Waals surface area contributed by atoms with Crippen LogP contribution in [-0.2, 0) is 0 Å². The largest absolute Gasteiger partial charge is 0.317 e. The fraction of sp³-hybridized carbons (Fsp3) is 0.778. The van der Waals surface area contributed by atoms with Gasteiger partial charge < -0.3 is 5.32 Å². The first-order valence-corrected chi connectivity index (χ1v) is 4.06. The second-order valence-electron chi connectivity index (χ2n) is 2.37. The highest BCUT2D eigenvalue weighted by atomic mass is 14.8. The number of terminal acetylenes is 1. The Kier molecular flexibility index (Phi) is 8.11. The minimum Gasteiger partial charge on any atom is -0.317 e. The summed E-state index contributed by atoms with van der Waals surface area (Å²) in [5.74, 6) is 2.64. The standard InChI is InChI=1S/C9H17N/c1-3-5-6-7-8-9-10-4-2/h1,10H,4-9H2,2H3. The molecule has 0 aromatic heterocycles. The van der Waals surface area contributed by atoms with Gasteiger partial charge in [-0.1, -0.05) is 13.3 Å². The Morgan fingerprint density at radius 3 is 2.70 bits per heavy atom. The van der Waals surface area contributed by atoms with Gasteiger partial charge in [-0.2, -0.15) is 0 Å². The molecular weight excluding hydrogens is 122 g/mol. The predicted molar refractivity (Wildman–Crippen MR) is 45.8 cm³/mol. The first-order chi connectivity index (χ1) is 4.91. The van der Waals surface area contributed by atoms with Crippen molar-refractivity contribution < 1.29 is 0 Å². The second kappa shape index (κ2) is 8.52. The van der Waals surface area contributed by atoms with E-state index < -0.39 is 0 Å². The van der Waals surface area contributed by atoms with E-state index in [1.807, 2.05) is 0 Å². The maximum absolute atomic E-state index is 5.10. The van der Waals surface area contributed by atoms with Crippen LogP contribution in [-0.4, -0.2) is 13.1 Å². The third-order valence-electron chi connectivity index (χ3n) is 1.42. The normalized spacial score (nSPS) is 9.20. The van der Waals surface area contributed by atoms with E-state index in [-0.39, 0.29) is 0 Å². The van der Waals surface area contributed by atoms with Gasteiger partial charge in [-0.05, 0) is 25.9 Å². The molecule has 1 N–H and O–H groups in total. The van der Waals surface area contributed by atoms with E-state index in [0.29, 0.717) is 0 Å². The Morgan fingerprint density at radius 2 is 2.10 bits per heavy atom. The minimum absolute atomic E-state index is 0.937. The predicted octanol–water partition coefficient (Wildman–Crippen LogP) is 1.79. The fourth-order valence-electron chi connectivity index (χ4n) is 0.831. The van der Waals surface area contributed by atoms with Gasteiger partial charge in [-0.15, -0.1) is 12.3 Å². The summed E-state index contributed by atoms with van der Waals surface area (Å²) in [5.41, 5.74) is 0. The van der Waals surface area contributed by atoms with Crippen LogP contribution >= 0.6 is 0 Å². The molecule has 0 heterocycles. The topological polar surface area (TPSA) is 12.0 Å². The molecule has 0 fully saturated rings. The van der Waals surface area contributed by atoms with Gasteiger partial charge in [0.15, 0.2) is 0 Å². The van der Waals surface area contributed by atoms with Crippen LogP contribution in [0.5, 0.6) is 0 Å². The maximum Gasteiger partial charge on any atom is 0.00860 e. The SMILES string of the molecule is C#CCCCCCNCC. The molecule has 0 amide bonds. The van der Waals surface area contributed by atoms with Gasteiger partial charge >= 0.3 is 0 Å². The van der Waals surface area contributed by atoms with E-state index in [4.69, 9.17) is 6.42 Å². The number of unbranched alkanes of at least 4 members (excludes halogenated alkanes) is 3. The van der Waals surface area contributed by atoms with Crippen molar-refractivity contribution >= 4 is 0 Å². The maximum atomic E-state index is 5.10. The highest BCUT2D eigenvalue weighted by molar-refractivity contribution is 4.82. The molecule has 0 atom stereocenters. The molecule has 0 aliphatic carbocycles. The molecule has 0 spiro atoms. The van der Waals surface area contributed by atoms with E-state index in [1.165, 1.54) is 19.3 Å². The zero-order chi connectivity index (χ0) is 7.66. The van der Waals surface area contributed by atoms with Gasteiger partial charge in [0.05, 0.1) is 0 Å². The zero-order valence-electron chi connectivity index (χ0n) is 6.82. The Morgan fingerprint density at radius 1 is 1.30 bits per heavy atom. The van der Waals surface area contributed by atoms with Gasteiger partial charge in [0.25, 0.3) is 0 Å². The van der Waals surface area contributed by atoms with Gasteiger partial charge in [0.1, 0.15) is 0 Å². The van der Waals surface area contributed by atoms with Crippen LogP contribution < -0.4 is 5.32 Å². The molecule has 10 heavy (non-hydrogen) atoms. The molecular formula is C9H17N. The van der Waals surface area contributed by atoms with Crippen molar-refractivity contribution in [3.05, 3.63) is 0 Å². The zero-order valence-corrected chi connectivity index (χ0v) is 6.82. The molecule has 0 aliphatic rings. The lowest BCUT2D eigenvalue weighted by atomic mass is 10.2. The third kappa shape index (κ3) is 7.52. The summed E-state index contributed by atoms with van der Waals surface area (Å²) in [6.07, 6.45) is 9.74. The summed E-state index contributed by atoms with van der Waals surface area (Å²) in [6.45, 7) is 4.34. The Labute approximate surface area is 64.2 Å². The summed E-state index contributed by atoms with van der Waals surface area (Å²) in [7, 11) is 0. The second-order valence-corrected chi connectivity index (χ2v) is 2.37. The lowest BCUT2D eigenvalue weighted by Crippen LogP contribution is -2.13. The van der Waals surface area contributed by atoms with Crippen molar-refractivity contribution in [2.24, 2.45) is 0 Å². The number of hydrogen-bond acceptors (Lipinski definition) is 1. The average molecular weight is 139 g/mol. The van der Waals surface area contributed by atoms with E-state index in [9.17, 15) is 0 Å². The highest BCUT2D eigenvalue weighted by Crippen LogP contribution is 1.96. The van der Waals surface area contributed by atoms with Crippen molar-refractivity contribution in [1.29, 1.82) is 0 Å². The van der Waals surface area contributed by atoms with Crippen LogP contribution in [0.2, 0.25) is 0 Å². The minimum atomic E-state index is 0.937. The van der Waals surface area contributed by atoms with Crippen LogP contribution in [0.3, 0.4) is 0 Å². The third-order valence-corrected chi connectivity index (χ3v) is 1.42. The summed E-state index contributed by atoms with van der Waals surface area (Å²) in [5, 5.41) is 3.27. The van der Waals surface area contributed by atoms with Gasteiger partial charge in [0, 0.05) is 6.42 Å². The summed E-state index contributed by atoms with van der Waals surface area (Å²) < 4.78 is 0. The van der Waals surface area contributed by atoms with E-state index in [2.05, 4.69) is 18.2 Å². The van der Waals surface area contributed by atoms with Crippen LogP contribution in [0.4, 0.5) is 0 Å². The molecule has 0 aromatic carbocycles. The van der Waals surface area contributed by atoms with Gasteiger partial charge in [-0.25, -0.2) is 0 Å². The van der Waals surface area contributed by atoms with Crippen molar-refractivity contribution in [2.75, 3.05) is 13.1 Å². The van der Waals surface area contributed by atoms with Crippen LogP contribution in [0, 0.1) is 12.3 Å². The molecule has 0 aliphatic heterocycles. The van der Waals surface area contributed by atoms with Crippen molar-refractivity contribution in [1.82, 2.24) is 5.32 Å². The monoisotopic (exact) mass is 139 g/mol. The Hall–Kier alpha value is -0.480. The molecule has 1 heteroatoms. The van der Waals surface area contributed by atoms with E-state index in [1.54, 1.807) is 0 Å². The lowest BCUT2D eigenvalue weighted by Gasteiger charge is -1.98. The fourth-order valence-corrected chi connectivity index (χ4v) is 0.831. The molecule has 0 saturated heterocycles. The molecule has 0 rings (SSSR count). The molecule has 0 saturated carbocycles. The Balaban J connectivity index is 2.72. The Bertz CT molecular complexity index is 91.4. The number of nitrogens with one attached hydrogen (secondary N) is 1. The number of hydrogen-bond donors (Lipinski definition) is 1. The number of rotatable bonds is 6. The summed E-state index contributed by atoms with van der Waals surface area (Å²) in [6, 6.07) is 0. The van der Waals surface area contributed by atoms with Crippen molar-refractivity contribution in [3.8, 4) is 12.3 Å². The van der Waals surface area contributed by atoms with E-state index >= 15 is 0 Å². The first-order valence-electron chi connectivity index (χ1n) is 4.06. The lowest BCUT2D eigenvalue weighted by molar-refractivity contribution is 0.623. The van der Waals surface area contributed by atoms with Crippen LogP contribution in [0.15, 0.2) is 0 Å². The molecule has 0 bridgehead atoms. The molecule has 0 radical (unpaired) electrons. The first kappa shape index (κ1) is 9.52. The molecule has 0 unspecified atom stereocenters. The summed E-state index contributed by atoms with van der Waals surface area (Å²) >= 11 is 0. The van der Waals surface area contributed by atoms with Crippen LogP contribution in [0.1, 0.15) is 32.6 Å². The van der Waals surface area contributed by atoms with Crippen LogP contribution in [0.25, 0.3) is 0 Å². The quantitative estimate of drug-likeness (QED) is 0.437. The van der Waals surface area contributed by atoms with Gasteiger partial charge in [-0.3, -0.25) is 0 Å². The molecule has 58 valence electrons.